The van der Waals surface area contributed by atoms with Crippen molar-refractivity contribution in [3.05, 3.63) is 29.1 Å². The number of hydrogen-bond donors (Lipinski definition) is 0. The van der Waals surface area contributed by atoms with Crippen LogP contribution in [0.4, 0.5) is 0 Å². The van der Waals surface area contributed by atoms with Gasteiger partial charge >= 0.3 is 0 Å². The molecule has 13 heavy (non-hydrogen) atoms. The van der Waals surface area contributed by atoms with Crippen LogP contribution >= 0.6 is 0 Å². The van der Waals surface area contributed by atoms with Crippen molar-refractivity contribution in [3.8, 4) is 0 Å². The Hall–Kier alpha value is -0.850. The molecule has 0 N–H and O–H groups in total. The molecule has 0 saturated heterocycles. The summed E-state index contributed by atoms with van der Waals surface area (Å²) in [6.07, 6.45) is 9.22. The van der Waals surface area contributed by atoms with Crippen LogP contribution < -0.4 is 0 Å². The fourth-order valence-electron chi connectivity index (χ4n) is 1.84. The second-order valence-corrected chi connectivity index (χ2v) is 3.30. The van der Waals surface area contributed by atoms with Crippen molar-refractivity contribution < 1.29 is 0 Å². The molecule has 0 spiro atoms. The van der Waals surface area contributed by atoms with Gasteiger partial charge < -0.3 is 0 Å². The van der Waals surface area contributed by atoms with E-state index in [1.807, 2.05) is 26.2 Å². The lowest BCUT2D eigenvalue weighted by Gasteiger charge is -2.16. The Morgan fingerprint density at radius 1 is 1.08 bits per heavy atom. The van der Waals surface area contributed by atoms with Crippen molar-refractivity contribution in [2.75, 3.05) is 0 Å². The van der Waals surface area contributed by atoms with Crippen LogP contribution in [0.2, 0.25) is 0 Å². The minimum atomic E-state index is 1.24. The third-order valence-electron chi connectivity index (χ3n) is 2.49. The van der Waals surface area contributed by atoms with E-state index in [1.165, 1.54) is 36.8 Å². The number of rotatable bonds is 0. The van der Waals surface area contributed by atoms with Crippen molar-refractivity contribution in [1.29, 1.82) is 0 Å². The van der Waals surface area contributed by atoms with Gasteiger partial charge in [-0.1, -0.05) is 13.8 Å². The van der Waals surface area contributed by atoms with Crippen LogP contribution in [0.5, 0.6) is 0 Å². The highest BCUT2D eigenvalue weighted by Gasteiger charge is 2.10. The van der Waals surface area contributed by atoms with E-state index >= 15 is 0 Å². The van der Waals surface area contributed by atoms with Gasteiger partial charge in [0.2, 0.25) is 0 Å². The van der Waals surface area contributed by atoms with E-state index < -0.39 is 0 Å². The molecule has 72 valence electrons. The van der Waals surface area contributed by atoms with Crippen LogP contribution in [-0.4, -0.2) is 4.98 Å². The summed E-state index contributed by atoms with van der Waals surface area (Å²) in [6.45, 7) is 6.16. The van der Waals surface area contributed by atoms with E-state index in [1.54, 1.807) is 5.56 Å². The summed E-state index contributed by atoms with van der Waals surface area (Å²) in [6, 6.07) is 0. The van der Waals surface area contributed by atoms with Gasteiger partial charge in [0.15, 0.2) is 0 Å². The molecule has 0 fully saturated rings. The van der Waals surface area contributed by atoms with E-state index in [2.05, 4.69) is 11.9 Å². The highest BCUT2D eigenvalue weighted by Crippen LogP contribution is 2.22. The first kappa shape index (κ1) is 10.2. The second kappa shape index (κ2) is 5.00. The lowest BCUT2D eigenvalue weighted by Crippen LogP contribution is -2.04. The number of aryl methyl sites for hydroxylation is 2. The minimum absolute atomic E-state index is 1.24. The Labute approximate surface area is 81.2 Å². The molecule has 2 rings (SSSR count). The van der Waals surface area contributed by atoms with Crippen molar-refractivity contribution in [3.63, 3.8) is 0 Å². The Morgan fingerprint density at radius 2 is 1.77 bits per heavy atom. The Kier molecular flexibility index (Phi) is 3.94. The average molecular weight is 177 g/mol. The summed E-state index contributed by atoms with van der Waals surface area (Å²) in [7, 11) is 0. The third kappa shape index (κ3) is 2.30. The number of nitrogens with zero attached hydrogens (tertiary/aromatic N) is 1. The van der Waals surface area contributed by atoms with E-state index in [0.29, 0.717) is 0 Å². The van der Waals surface area contributed by atoms with Gasteiger partial charge in [-0.2, -0.15) is 0 Å². The summed E-state index contributed by atoms with van der Waals surface area (Å²) in [5, 5.41) is 0. The Balaban J connectivity index is 0.000000396. The van der Waals surface area contributed by atoms with Crippen LogP contribution in [0.25, 0.3) is 0 Å². The summed E-state index contributed by atoms with van der Waals surface area (Å²) in [5.74, 6) is 0. The number of aromatic nitrogens is 1. The predicted molar refractivity (Wildman–Crippen MR) is 57.0 cm³/mol. The van der Waals surface area contributed by atoms with Gasteiger partial charge in [0.1, 0.15) is 0 Å². The third-order valence-corrected chi connectivity index (χ3v) is 2.49. The molecular weight excluding hydrogens is 158 g/mol. The molecule has 1 nitrogen and oxygen atoms in total. The first-order valence-corrected chi connectivity index (χ1v) is 5.30. The van der Waals surface area contributed by atoms with Crippen molar-refractivity contribution in [2.45, 2.75) is 46.5 Å². The Morgan fingerprint density at radius 3 is 2.46 bits per heavy atom. The van der Waals surface area contributed by atoms with Gasteiger partial charge in [0.25, 0.3) is 0 Å². The first-order chi connectivity index (χ1) is 6.38. The zero-order chi connectivity index (χ0) is 9.68. The molecule has 0 atom stereocenters. The maximum Gasteiger partial charge on any atom is 0.0302 e. The minimum Gasteiger partial charge on any atom is -0.264 e. The largest absolute Gasteiger partial charge is 0.264 e. The molecule has 0 unspecified atom stereocenters. The molecule has 0 aromatic carbocycles. The normalized spacial score (nSPS) is 14.1. The fraction of sp³-hybridized carbons (Fsp3) is 0.583. The molecule has 1 aliphatic rings. The molecule has 0 amide bonds. The lowest BCUT2D eigenvalue weighted by molar-refractivity contribution is 0.678. The molecule has 1 aromatic heterocycles. The predicted octanol–water partition coefficient (Wildman–Crippen LogP) is 3.30. The second-order valence-electron chi connectivity index (χ2n) is 3.30. The number of hydrogen-bond acceptors (Lipinski definition) is 1. The molecule has 0 bridgehead atoms. The van der Waals surface area contributed by atoms with E-state index in [9.17, 15) is 0 Å². The zero-order valence-corrected chi connectivity index (χ0v) is 8.93. The van der Waals surface area contributed by atoms with Gasteiger partial charge in [-0.15, -0.1) is 0 Å². The van der Waals surface area contributed by atoms with Gasteiger partial charge in [-0.3, -0.25) is 4.98 Å². The van der Waals surface area contributed by atoms with Gasteiger partial charge in [-0.25, -0.2) is 0 Å². The van der Waals surface area contributed by atoms with Gasteiger partial charge in [0.05, 0.1) is 0 Å². The topological polar surface area (TPSA) is 12.9 Å². The molecule has 0 aliphatic heterocycles. The molecule has 1 heterocycles. The van der Waals surface area contributed by atoms with Crippen molar-refractivity contribution in [2.24, 2.45) is 0 Å². The van der Waals surface area contributed by atoms with Gasteiger partial charge in [-0.05, 0) is 49.3 Å². The number of pyridine rings is 1. The average Bonchev–Trinajstić information content (AvgIpc) is 2.22. The first-order valence-electron chi connectivity index (χ1n) is 5.30. The Bertz CT molecular complexity index is 266. The smallest absolute Gasteiger partial charge is 0.0302 e. The molecular formula is C12H19N. The van der Waals surface area contributed by atoms with E-state index in [-0.39, 0.29) is 0 Å². The van der Waals surface area contributed by atoms with Crippen LogP contribution in [0.1, 0.15) is 43.4 Å². The monoisotopic (exact) mass is 177 g/mol. The summed E-state index contributed by atoms with van der Waals surface area (Å²) in [5.41, 5.74) is 4.42. The standard InChI is InChI=1S/C10H13N.C2H6/c1-8-6-11-7-9-4-2-3-5-10(8)9;1-2/h6-7H,2-5H2,1H3;1-2H3. The van der Waals surface area contributed by atoms with E-state index in [4.69, 9.17) is 0 Å². The van der Waals surface area contributed by atoms with Crippen LogP contribution in [-0.2, 0) is 12.8 Å². The SMILES string of the molecule is CC.Cc1cncc2c1CCCC2. The molecule has 1 aromatic rings. The molecule has 1 heteroatoms. The zero-order valence-electron chi connectivity index (χ0n) is 8.93. The van der Waals surface area contributed by atoms with Gasteiger partial charge in [0, 0.05) is 12.4 Å². The summed E-state index contributed by atoms with van der Waals surface area (Å²) >= 11 is 0. The van der Waals surface area contributed by atoms with Crippen molar-refractivity contribution >= 4 is 0 Å². The van der Waals surface area contributed by atoms with Crippen LogP contribution in [0.15, 0.2) is 12.4 Å². The quantitative estimate of drug-likeness (QED) is 0.592. The van der Waals surface area contributed by atoms with E-state index in [0.717, 1.165) is 0 Å². The van der Waals surface area contributed by atoms with Crippen LogP contribution in [0, 0.1) is 6.92 Å². The molecule has 0 radical (unpaired) electrons. The summed E-state index contributed by atoms with van der Waals surface area (Å²) in [4.78, 5) is 4.20. The van der Waals surface area contributed by atoms with Crippen LogP contribution in [0.3, 0.4) is 0 Å². The molecule has 0 saturated carbocycles. The highest BCUT2D eigenvalue weighted by atomic mass is 14.6. The highest BCUT2D eigenvalue weighted by molar-refractivity contribution is 5.32. The molecule has 1 aliphatic carbocycles. The maximum absolute atomic E-state index is 4.20. The fourth-order valence-corrected chi connectivity index (χ4v) is 1.84. The number of fused-ring (bicyclic) bond motifs is 1. The lowest BCUT2D eigenvalue weighted by atomic mass is 9.91. The summed E-state index contributed by atoms with van der Waals surface area (Å²) < 4.78 is 0. The maximum atomic E-state index is 4.20. The van der Waals surface area contributed by atoms with Crippen molar-refractivity contribution in [1.82, 2.24) is 4.98 Å².